The summed E-state index contributed by atoms with van der Waals surface area (Å²) in [5, 5.41) is 0. The van der Waals surface area contributed by atoms with Gasteiger partial charge >= 0.3 is 6.36 Å². The molecule has 3 aromatic rings. The lowest BCUT2D eigenvalue weighted by Crippen LogP contribution is -2.32. The minimum atomic E-state index is -4.85. The van der Waals surface area contributed by atoms with E-state index in [9.17, 15) is 21.6 Å². The average Bonchev–Trinajstić information content (AvgIpc) is 3.04. The van der Waals surface area contributed by atoms with Gasteiger partial charge in [0.1, 0.15) is 5.75 Å². The Labute approximate surface area is 214 Å². The third-order valence-electron chi connectivity index (χ3n) is 6.94. The summed E-state index contributed by atoms with van der Waals surface area (Å²) < 4.78 is 76.6. The molecule has 1 fully saturated rings. The Kier molecular flexibility index (Phi) is 7.09. The molecule has 0 saturated carbocycles. The number of aryl methyl sites for hydroxylation is 2. The van der Waals surface area contributed by atoms with Crippen molar-refractivity contribution in [3.05, 3.63) is 95.1 Å². The van der Waals surface area contributed by atoms with Crippen molar-refractivity contribution in [2.75, 3.05) is 6.61 Å². The van der Waals surface area contributed by atoms with Gasteiger partial charge in [0, 0.05) is 18.7 Å². The van der Waals surface area contributed by atoms with Gasteiger partial charge < -0.3 is 9.47 Å². The predicted octanol–water partition coefficient (Wildman–Crippen LogP) is 6.07. The maximum Gasteiger partial charge on any atom is 0.573 e. The molecule has 1 aliphatic carbocycles. The van der Waals surface area contributed by atoms with Gasteiger partial charge in [0.2, 0.25) is 0 Å². The maximum absolute atomic E-state index is 12.7. The van der Waals surface area contributed by atoms with E-state index in [4.69, 9.17) is 4.74 Å². The summed E-state index contributed by atoms with van der Waals surface area (Å²) in [5.41, 5.74) is 5.07. The zero-order valence-electron chi connectivity index (χ0n) is 19.9. The molecule has 0 amide bonds. The molecule has 1 unspecified atom stereocenters. The van der Waals surface area contributed by atoms with Crippen LogP contribution in [-0.2, 0) is 27.6 Å². The summed E-state index contributed by atoms with van der Waals surface area (Å²) in [7, 11) is -4.07. The largest absolute Gasteiger partial charge is 0.573 e. The van der Waals surface area contributed by atoms with Crippen molar-refractivity contribution in [3.8, 4) is 5.75 Å². The van der Waals surface area contributed by atoms with Crippen LogP contribution in [0, 0.1) is 5.92 Å². The van der Waals surface area contributed by atoms with Gasteiger partial charge in [-0.15, -0.1) is 13.2 Å². The molecule has 0 aromatic heterocycles. The van der Waals surface area contributed by atoms with Crippen LogP contribution in [0.4, 0.5) is 13.2 Å². The summed E-state index contributed by atoms with van der Waals surface area (Å²) >= 11 is 0. The molecule has 2 aliphatic rings. The fourth-order valence-corrected chi connectivity index (χ4v) is 6.17. The van der Waals surface area contributed by atoms with Crippen LogP contribution < -0.4 is 4.74 Å². The number of nitrogens with zero attached hydrogens (tertiary/aromatic N) is 1. The topological polar surface area (TPSA) is 65.0 Å². The minimum Gasteiger partial charge on any atom is -0.406 e. The predicted molar refractivity (Wildman–Crippen MR) is 133 cm³/mol. The van der Waals surface area contributed by atoms with Crippen LogP contribution in [0.25, 0.3) is 0 Å². The van der Waals surface area contributed by atoms with Crippen LogP contribution in [0.15, 0.2) is 82.1 Å². The normalized spacial score (nSPS) is 20.7. The van der Waals surface area contributed by atoms with E-state index in [1.165, 1.54) is 28.5 Å². The van der Waals surface area contributed by atoms with Crippen LogP contribution in [0.2, 0.25) is 0 Å². The molecule has 194 valence electrons. The monoisotopic (exact) mass is 529 g/mol. The number of alkyl halides is 3. The third-order valence-corrected chi connectivity index (χ3v) is 8.20. The van der Waals surface area contributed by atoms with E-state index in [1.807, 2.05) is 12.1 Å². The molecule has 0 bridgehead atoms. The van der Waals surface area contributed by atoms with Crippen LogP contribution in [0.5, 0.6) is 5.75 Å². The van der Waals surface area contributed by atoms with Crippen molar-refractivity contribution in [2.24, 2.45) is 10.3 Å². The second kappa shape index (κ2) is 10.3. The lowest BCUT2D eigenvalue weighted by atomic mass is 9.79. The van der Waals surface area contributed by atoms with Gasteiger partial charge in [-0.1, -0.05) is 48.5 Å². The number of ether oxygens (including phenoxy) is 2. The second-order valence-electron chi connectivity index (χ2n) is 9.32. The van der Waals surface area contributed by atoms with Crippen LogP contribution in [0.3, 0.4) is 0 Å². The molecule has 3 aromatic carbocycles. The molecule has 9 heteroatoms. The lowest BCUT2D eigenvalue weighted by molar-refractivity contribution is -0.274. The smallest absolute Gasteiger partial charge is 0.406 e. The highest BCUT2D eigenvalue weighted by atomic mass is 32.2. The van der Waals surface area contributed by atoms with E-state index in [2.05, 4.69) is 45.5 Å². The van der Waals surface area contributed by atoms with Crippen LogP contribution in [0.1, 0.15) is 41.0 Å². The zero-order chi connectivity index (χ0) is 26.0. The van der Waals surface area contributed by atoms with Gasteiger partial charge in [-0.05, 0) is 78.1 Å². The molecular formula is C28H26F3NO4S. The Bertz CT molecular complexity index is 1340. The van der Waals surface area contributed by atoms with E-state index in [0.717, 1.165) is 37.1 Å². The lowest BCUT2D eigenvalue weighted by Gasteiger charge is -2.35. The Morgan fingerprint density at radius 2 is 1.49 bits per heavy atom. The molecule has 1 aliphatic heterocycles. The van der Waals surface area contributed by atoms with Crippen molar-refractivity contribution in [1.29, 1.82) is 0 Å². The molecule has 1 saturated heterocycles. The molecule has 5 rings (SSSR count). The highest BCUT2D eigenvalue weighted by Gasteiger charge is 2.35. The highest BCUT2D eigenvalue weighted by molar-refractivity contribution is 7.90. The number of hydrogen-bond donors (Lipinski definition) is 0. The summed E-state index contributed by atoms with van der Waals surface area (Å²) in [6.07, 6.45) is -0.421. The van der Waals surface area contributed by atoms with Gasteiger partial charge in [0.25, 0.3) is 10.0 Å². The minimum absolute atomic E-state index is 0.0314. The summed E-state index contributed by atoms with van der Waals surface area (Å²) in [4.78, 5) is -0.200. The summed E-state index contributed by atoms with van der Waals surface area (Å²) in [6, 6.07) is 20.8. The highest BCUT2D eigenvalue weighted by Crippen LogP contribution is 2.41. The molecule has 2 atom stereocenters. The van der Waals surface area contributed by atoms with E-state index in [-0.39, 0.29) is 22.8 Å². The van der Waals surface area contributed by atoms with Crippen molar-refractivity contribution < 1.29 is 31.1 Å². The number of benzene rings is 3. The number of halogens is 3. The van der Waals surface area contributed by atoms with Crippen molar-refractivity contribution >= 4 is 16.2 Å². The molecule has 0 radical (unpaired) electrons. The van der Waals surface area contributed by atoms with Gasteiger partial charge in [-0.25, -0.2) is 0 Å². The average molecular weight is 530 g/mol. The Balaban J connectivity index is 1.36. The number of sulfonamides is 1. The zero-order valence-corrected chi connectivity index (χ0v) is 20.7. The van der Waals surface area contributed by atoms with E-state index < -0.39 is 22.1 Å². The third kappa shape index (κ3) is 5.88. The van der Waals surface area contributed by atoms with Gasteiger partial charge in [0.15, 0.2) is 0 Å². The number of rotatable bonds is 5. The number of fused-ring (bicyclic) bond motifs is 2. The maximum atomic E-state index is 12.7. The van der Waals surface area contributed by atoms with Gasteiger partial charge in [-0.2, -0.15) is 12.8 Å². The molecule has 37 heavy (non-hydrogen) atoms. The Morgan fingerprint density at radius 1 is 0.892 bits per heavy atom. The number of hydrogen-bond acceptors (Lipinski definition) is 4. The molecule has 0 N–H and O–H groups in total. The Morgan fingerprint density at radius 3 is 2.08 bits per heavy atom. The molecular weight excluding hydrogens is 503 g/mol. The fourth-order valence-electron chi connectivity index (χ4n) is 5.23. The van der Waals surface area contributed by atoms with E-state index in [0.29, 0.717) is 19.4 Å². The first-order chi connectivity index (χ1) is 17.7. The van der Waals surface area contributed by atoms with Crippen molar-refractivity contribution in [1.82, 2.24) is 0 Å². The summed E-state index contributed by atoms with van der Waals surface area (Å²) in [5.74, 6) is -0.584. The van der Waals surface area contributed by atoms with Crippen LogP contribution >= 0.6 is 0 Å². The second-order valence-corrected chi connectivity index (χ2v) is 11.0. The summed E-state index contributed by atoms with van der Waals surface area (Å²) in [6.45, 7) is 0.478. The standard InChI is InChI=1S/C28H26F3NO4S/c29-28(30,31)36-22-11-13-23(14-12-22)37(33,34)32-18-19-15-16-35-26(17-19)27-24-7-3-1-5-20(24)9-10-21-6-2-4-8-25(21)27/h1-8,11-14,18-19,26-27H,9-10,15-17H2/t19?,26-/m1/s1. The molecule has 5 nitrogen and oxygen atoms in total. The first-order valence-electron chi connectivity index (χ1n) is 12.1. The quantitative estimate of drug-likeness (QED) is 0.377. The van der Waals surface area contributed by atoms with Crippen molar-refractivity contribution in [3.63, 3.8) is 0 Å². The first-order valence-corrected chi connectivity index (χ1v) is 13.6. The Hall–Kier alpha value is -3.17. The SMILES string of the molecule is O=S(=O)(N=CC1CCO[C@@H](C2c3ccccc3CCc3ccccc32)C1)c1ccc(OC(F)(F)F)cc1. The van der Waals surface area contributed by atoms with Gasteiger partial charge in [-0.3, -0.25) is 0 Å². The van der Waals surface area contributed by atoms with Crippen molar-refractivity contribution in [2.45, 2.75) is 49.0 Å². The van der Waals surface area contributed by atoms with E-state index >= 15 is 0 Å². The first kappa shape index (κ1) is 25.5. The van der Waals surface area contributed by atoms with E-state index in [1.54, 1.807) is 0 Å². The van der Waals surface area contributed by atoms with Crippen LogP contribution in [-0.4, -0.2) is 33.7 Å². The molecule has 0 spiro atoms. The molecule has 1 heterocycles. The van der Waals surface area contributed by atoms with Gasteiger partial charge in [0.05, 0.1) is 11.0 Å². The fraction of sp³-hybridized carbons (Fsp3) is 0.321.